The van der Waals surface area contributed by atoms with Gasteiger partial charge in [-0.15, -0.1) is 0 Å². The number of carbonyl (C=O) groups is 1. The minimum absolute atomic E-state index is 0.204. The number of piperidine rings is 1. The van der Waals surface area contributed by atoms with Crippen LogP contribution >= 0.6 is 0 Å². The van der Waals surface area contributed by atoms with Gasteiger partial charge in [0.05, 0.1) is 12.6 Å². The molecule has 1 amide bonds. The van der Waals surface area contributed by atoms with Crippen LogP contribution in [0.15, 0.2) is 0 Å². The second-order valence-electron chi connectivity index (χ2n) is 4.82. The Bertz CT molecular complexity index is 221. The Hall–Kier alpha value is -0.610. The predicted octanol–water partition coefficient (Wildman–Crippen LogP) is 0.929. The van der Waals surface area contributed by atoms with Crippen LogP contribution in [0.1, 0.15) is 33.1 Å². The van der Waals surface area contributed by atoms with Gasteiger partial charge in [-0.25, -0.2) is 0 Å². The first-order chi connectivity index (χ1) is 8.24. The molecule has 0 spiro atoms. The fourth-order valence-electron chi connectivity index (χ4n) is 2.38. The normalized spacial score (nSPS) is 22.3. The largest absolute Gasteiger partial charge is 0.350 e. The molecule has 0 aromatic heterocycles. The first kappa shape index (κ1) is 14.5. The monoisotopic (exact) mass is 241 g/mol. The van der Waals surface area contributed by atoms with Crippen LogP contribution in [0.2, 0.25) is 0 Å². The van der Waals surface area contributed by atoms with Crippen LogP contribution in [0.25, 0.3) is 0 Å². The number of amides is 1. The van der Waals surface area contributed by atoms with Crippen LogP contribution in [0.5, 0.6) is 0 Å². The molecule has 4 nitrogen and oxygen atoms in total. The van der Waals surface area contributed by atoms with Crippen LogP contribution in [-0.4, -0.2) is 61.5 Å². The second kappa shape index (κ2) is 7.67. The highest BCUT2D eigenvalue weighted by atomic mass is 16.2. The number of nitrogens with zero attached hydrogens (tertiary/aromatic N) is 2. The molecule has 0 aromatic rings. The third-order valence-electron chi connectivity index (χ3n) is 3.25. The van der Waals surface area contributed by atoms with E-state index in [9.17, 15) is 4.79 Å². The fourth-order valence-corrected chi connectivity index (χ4v) is 2.38. The average Bonchev–Trinajstić information content (AvgIpc) is 2.31. The van der Waals surface area contributed by atoms with Gasteiger partial charge in [-0.05, 0) is 33.0 Å². The summed E-state index contributed by atoms with van der Waals surface area (Å²) in [6.07, 6.45) is 3.82. The van der Waals surface area contributed by atoms with Crippen LogP contribution in [0.4, 0.5) is 0 Å². The third-order valence-corrected chi connectivity index (χ3v) is 3.25. The van der Waals surface area contributed by atoms with Crippen LogP contribution < -0.4 is 5.32 Å². The van der Waals surface area contributed by atoms with E-state index >= 15 is 0 Å². The summed E-state index contributed by atoms with van der Waals surface area (Å²) >= 11 is 0. The summed E-state index contributed by atoms with van der Waals surface area (Å²) in [5.41, 5.74) is 0. The molecule has 2 aliphatic rings. The zero-order valence-corrected chi connectivity index (χ0v) is 11.5. The molecule has 0 atom stereocenters. The van der Waals surface area contributed by atoms with E-state index in [4.69, 9.17) is 0 Å². The summed E-state index contributed by atoms with van der Waals surface area (Å²) in [5.74, 6) is 0.204. The maximum Gasteiger partial charge on any atom is 0.234 e. The quantitative estimate of drug-likeness (QED) is 0.798. The van der Waals surface area contributed by atoms with Crippen LogP contribution in [-0.2, 0) is 4.79 Å². The van der Waals surface area contributed by atoms with Gasteiger partial charge in [-0.2, -0.15) is 0 Å². The zero-order valence-electron chi connectivity index (χ0n) is 11.5. The highest BCUT2D eigenvalue weighted by Crippen LogP contribution is 2.08. The molecule has 0 radical (unpaired) electrons. The van der Waals surface area contributed by atoms with E-state index in [1.54, 1.807) is 0 Å². The third kappa shape index (κ3) is 5.04. The molecule has 2 heterocycles. The molecule has 0 unspecified atom stereocenters. The van der Waals surface area contributed by atoms with Crippen LogP contribution in [0, 0.1) is 0 Å². The summed E-state index contributed by atoms with van der Waals surface area (Å²) in [6, 6.07) is 0.396. The van der Waals surface area contributed by atoms with E-state index in [0.29, 0.717) is 12.6 Å². The van der Waals surface area contributed by atoms with Crippen molar-refractivity contribution in [3.8, 4) is 0 Å². The fraction of sp³-hybridized carbons (Fsp3) is 0.923. The van der Waals surface area contributed by atoms with Crippen molar-refractivity contribution in [3.05, 3.63) is 0 Å². The molecule has 0 aromatic carbocycles. The van der Waals surface area contributed by atoms with Crippen molar-refractivity contribution >= 4 is 5.91 Å². The number of nitrogens with one attached hydrogen (secondary N) is 1. The number of hydrogen-bond donors (Lipinski definition) is 1. The highest BCUT2D eigenvalue weighted by Gasteiger charge is 2.25. The molecule has 100 valence electrons. The van der Waals surface area contributed by atoms with E-state index in [1.165, 1.54) is 19.3 Å². The van der Waals surface area contributed by atoms with Crippen molar-refractivity contribution in [1.82, 2.24) is 15.1 Å². The van der Waals surface area contributed by atoms with Gasteiger partial charge in [-0.3, -0.25) is 9.69 Å². The Balaban J connectivity index is 0.000000686. The summed E-state index contributed by atoms with van der Waals surface area (Å²) in [6.45, 7) is 8.80. The number of likely N-dealkylation sites (tertiary alicyclic amines) is 2. The van der Waals surface area contributed by atoms with Crippen molar-refractivity contribution in [2.45, 2.75) is 39.2 Å². The van der Waals surface area contributed by atoms with Crippen molar-refractivity contribution < 1.29 is 4.79 Å². The second-order valence-corrected chi connectivity index (χ2v) is 4.82. The van der Waals surface area contributed by atoms with Crippen LogP contribution in [0.3, 0.4) is 0 Å². The zero-order chi connectivity index (χ0) is 12.7. The molecule has 17 heavy (non-hydrogen) atoms. The van der Waals surface area contributed by atoms with Crippen molar-refractivity contribution in [1.29, 1.82) is 0 Å². The van der Waals surface area contributed by atoms with E-state index in [2.05, 4.69) is 22.2 Å². The van der Waals surface area contributed by atoms with Gasteiger partial charge in [0.25, 0.3) is 0 Å². The molecular weight excluding hydrogens is 214 g/mol. The number of likely N-dealkylation sites (N-methyl/N-ethyl adjacent to an activating group) is 1. The van der Waals surface area contributed by atoms with Crippen molar-refractivity contribution in [2.75, 3.05) is 39.8 Å². The first-order valence-electron chi connectivity index (χ1n) is 6.94. The molecule has 1 N–H and O–H groups in total. The average molecular weight is 241 g/mol. The first-order valence-corrected chi connectivity index (χ1v) is 6.94. The molecule has 4 heteroatoms. The lowest BCUT2D eigenvalue weighted by molar-refractivity contribution is -0.124. The topological polar surface area (TPSA) is 35.6 Å². The number of hydrogen-bond acceptors (Lipinski definition) is 3. The Morgan fingerprint density at radius 1 is 1.18 bits per heavy atom. The highest BCUT2D eigenvalue weighted by molar-refractivity contribution is 5.78. The minimum Gasteiger partial charge on any atom is -0.350 e. The minimum atomic E-state index is 0.204. The molecule has 0 aliphatic carbocycles. The Morgan fingerprint density at radius 2 is 1.76 bits per heavy atom. The lowest BCUT2D eigenvalue weighted by Gasteiger charge is -2.37. The maximum absolute atomic E-state index is 11.6. The summed E-state index contributed by atoms with van der Waals surface area (Å²) in [7, 11) is 2.08. The number of carbonyl (C=O) groups excluding carboxylic acids is 1. The molecular formula is C13H27N3O. The van der Waals surface area contributed by atoms with Gasteiger partial charge >= 0.3 is 0 Å². The maximum atomic E-state index is 11.6. The summed E-state index contributed by atoms with van der Waals surface area (Å²) in [4.78, 5) is 16.1. The van der Waals surface area contributed by atoms with Gasteiger partial charge in [0, 0.05) is 13.1 Å². The SMILES string of the molecule is CC.CN1CC(NC(=O)CN2CCCCC2)C1. The van der Waals surface area contributed by atoms with Crippen molar-refractivity contribution in [3.63, 3.8) is 0 Å². The Labute approximate surface area is 105 Å². The summed E-state index contributed by atoms with van der Waals surface area (Å²) in [5, 5.41) is 3.07. The summed E-state index contributed by atoms with van der Waals surface area (Å²) < 4.78 is 0. The van der Waals surface area contributed by atoms with Gasteiger partial charge in [0.2, 0.25) is 5.91 Å². The molecule has 2 rings (SSSR count). The van der Waals surface area contributed by atoms with Gasteiger partial charge in [-0.1, -0.05) is 20.3 Å². The van der Waals surface area contributed by atoms with E-state index in [-0.39, 0.29) is 5.91 Å². The lowest BCUT2D eigenvalue weighted by atomic mass is 10.1. The lowest BCUT2D eigenvalue weighted by Crippen LogP contribution is -2.58. The van der Waals surface area contributed by atoms with E-state index in [1.807, 2.05) is 13.8 Å². The smallest absolute Gasteiger partial charge is 0.234 e. The van der Waals surface area contributed by atoms with Gasteiger partial charge < -0.3 is 10.2 Å². The Kier molecular flexibility index (Phi) is 6.52. The van der Waals surface area contributed by atoms with Gasteiger partial charge in [0.15, 0.2) is 0 Å². The molecule has 0 bridgehead atoms. The van der Waals surface area contributed by atoms with Gasteiger partial charge in [0.1, 0.15) is 0 Å². The molecule has 2 fully saturated rings. The van der Waals surface area contributed by atoms with E-state index < -0.39 is 0 Å². The van der Waals surface area contributed by atoms with E-state index in [0.717, 1.165) is 26.2 Å². The number of rotatable bonds is 3. The predicted molar refractivity (Wildman–Crippen MR) is 71.1 cm³/mol. The molecule has 0 saturated carbocycles. The molecule has 2 aliphatic heterocycles. The standard InChI is InChI=1S/C11H21N3O.C2H6/c1-13-7-10(8-13)12-11(15)9-14-5-3-2-4-6-14;1-2/h10H,2-9H2,1H3,(H,12,15);1-2H3. The Morgan fingerprint density at radius 3 is 2.29 bits per heavy atom. The molecule has 2 saturated heterocycles. The van der Waals surface area contributed by atoms with Crippen molar-refractivity contribution in [2.24, 2.45) is 0 Å².